The smallest absolute Gasteiger partial charge is 0.255 e. The molecular weight excluding hydrogens is 372 g/mol. The van der Waals surface area contributed by atoms with Crippen LogP contribution in [0.2, 0.25) is 5.02 Å². The summed E-state index contributed by atoms with van der Waals surface area (Å²) in [6.45, 7) is 0.731. The van der Waals surface area contributed by atoms with Crippen LogP contribution in [0.25, 0.3) is 11.3 Å². The number of ether oxygens (including phenoxy) is 1. The van der Waals surface area contributed by atoms with Gasteiger partial charge in [0.15, 0.2) is 0 Å². The van der Waals surface area contributed by atoms with E-state index in [-0.39, 0.29) is 11.9 Å². The van der Waals surface area contributed by atoms with Crippen LogP contribution in [-0.2, 0) is 0 Å². The van der Waals surface area contributed by atoms with Crippen LogP contribution in [0.1, 0.15) is 34.8 Å². The van der Waals surface area contributed by atoms with Crippen molar-refractivity contribution in [3.05, 3.63) is 83.0 Å². The molecule has 0 aliphatic carbocycles. The number of amides is 1. The second kappa shape index (κ2) is 8.03. The van der Waals surface area contributed by atoms with Gasteiger partial charge in [0.1, 0.15) is 5.75 Å². The fraction of sp³-hybridized carbons (Fsp3) is 0.217. The molecule has 0 bridgehead atoms. The molecule has 1 saturated heterocycles. The van der Waals surface area contributed by atoms with Crippen molar-refractivity contribution in [1.82, 2.24) is 9.88 Å². The third-order valence-corrected chi connectivity index (χ3v) is 5.52. The number of methoxy groups -OCH3 is 1. The van der Waals surface area contributed by atoms with Crippen LogP contribution >= 0.6 is 11.6 Å². The second-order valence-electron chi connectivity index (χ2n) is 6.84. The van der Waals surface area contributed by atoms with Gasteiger partial charge in [0, 0.05) is 23.3 Å². The predicted molar refractivity (Wildman–Crippen MR) is 111 cm³/mol. The van der Waals surface area contributed by atoms with Gasteiger partial charge < -0.3 is 9.64 Å². The zero-order chi connectivity index (χ0) is 19.5. The lowest BCUT2D eigenvalue weighted by Gasteiger charge is -2.26. The topological polar surface area (TPSA) is 42.4 Å². The molecule has 2 heterocycles. The number of halogens is 1. The van der Waals surface area contributed by atoms with E-state index in [0.29, 0.717) is 10.6 Å². The Labute approximate surface area is 169 Å². The van der Waals surface area contributed by atoms with Gasteiger partial charge in [0.25, 0.3) is 5.91 Å². The van der Waals surface area contributed by atoms with E-state index >= 15 is 0 Å². The first-order valence-electron chi connectivity index (χ1n) is 9.33. The Bertz CT molecular complexity index is 971. The van der Waals surface area contributed by atoms with E-state index in [0.717, 1.165) is 42.0 Å². The predicted octanol–water partition coefficient (Wildman–Crippen LogP) is 5.39. The maximum absolute atomic E-state index is 13.1. The maximum Gasteiger partial charge on any atom is 0.255 e. The summed E-state index contributed by atoms with van der Waals surface area (Å²) >= 11 is 6.37. The Morgan fingerprint density at radius 3 is 2.57 bits per heavy atom. The molecule has 0 radical (unpaired) electrons. The molecule has 2 aromatic carbocycles. The van der Waals surface area contributed by atoms with Gasteiger partial charge in [0.05, 0.1) is 24.4 Å². The zero-order valence-corrected chi connectivity index (χ0v) is 16.4. The number of carbonyl (C=O) groups excluding carboxylic acids is 1. The van der Waals surface area contributed by atoms with E-state index in [9.17, 15) is 4.79 Å². The SMILES string of the molecule is COc1ccc(-c2ccc(C(=O)N3CCC[C@@H]3c3ccccc3Cl)cn2)cc1. The highest BCUT2D eigenvalue weighted by atomic mass is 35.5. The van der Waals surface area contributed by atoms with Crippen LogP contribution in [0.15, 0.2) is 66.9 Å². The first kappa shape index (κ1) is 18.5. The van der Waals surface area contributed by atoms with Crippen molar-refractivity contribution in [1.29, 1.82) is 0 Å². The van der Waals surface area contributed by atoms with E-state index in [2.05, 4.69) is 4.98 Å². The van der Waals surface area contributed by atoms with E-state index in [1.807, 2.05) is 65.6 Å². The fourth-order valence-corrected chi connectivity index (χ4v) is 3.96. The molecule has 0 unspecified atom stereocenters. The van der Waals surface area contributed by atoms with Crippen molar-refractivity contribution in [3.63, 3.8) is 0 Å². The number of carbonyl (C=O) groups is 1. The summed E-state index contributed by atoms with van der Waals surface area (Å²) in [5.74, 6) is 0.798. The van der Waals surface area contributed by atoms with E-state index in [4.69, 9.17) is 16.3 Å². The quantitative estimate of drug-likeness (QED) is 0.598. The summed E-state index contributed by atoms with van der Waals surface area (Å²) < 4.78 is 5.19. The maximum atomic E-state index is 13.1. The van der Waals surface area contributed by atoms with Crippen molar-refractivity contribution in [2.75, 3.05) is 13.7 Å². The minimum absolute atomic E-state index is 0.00352. The van der Waals surface area contributed by atoms with Crippen LogP contribution in [0.3, 0.4) is 0 Å². The highest BCUT2D eigenvalue weighted by molar-refractivity contribution is 6.31. The Hall–Kier alpha value is -2.85. The summed E-state index contributed by atoms with van der Waals surface area (Å²) in [6, 6.07) is 19.2. The molecular formula is C23H21ClN2O2. The number of aromatic nitrogens is 1. The Morgan fingerprint density at radius 2 is 1.89 bits per heavy atom. The minimum Gasteiger partial charge on any atom is -0.497 e. The third kappa shape index (κ3) is 3.60. The van der Waals surface area contributed by atoms with Gasteiger partial charge in [-0.3, -0.25) is 9.78 Å². The van der Waals surface area contributed by atoms with Gasteiger partial charge in [0.2, 0.25) is 0 Å². The highest BCUT2D eigenvalue weighted by Crippen LogP contribution is 2.36. The van der Waals surface area contributed by atoms with E-state index < -0.39 is 0 Å². The molecule has 0 spiro atoms. The van der Waals surface area contributed by atoms with E-state index in [1.165, 1.54) is 0 Å². The van der Waals surface area contributed by atoms with Gasteiger partial charge in [-0.25, -0.2) is 0 Å². The number of likely N-dealkylation sites (tertiary alicyclic amines) is 1. The van der Waals surface area contributed by atoms with Gasteiger partial charge in [-0.05, 0) is 60.9 Å². The van der Waals surface area contributed by atoms with Crippen molar-refractivity contribution in [2.45, 2.75) is 18.9 Å². The third-order valence-electron chi connectivity index (χ3n) is 5.17. The van der Waals surface area contributed by atoms with Gasteiger partial charge >= 0.3 is 0 Å². The Balaban J connectivity index is 1.55. The van der Waals surface area contributed by atoms with Gasteiger partial charge in [-0.1, -0.05) is 29.8 Å². The summed E-state index contributed by atoms with van der Waals surface area (Å²) in [5, 5.41) is 0.708. The fourth-order valence-electron chi connectivity index (χ4n) is 3.70. The second-order valence-corrected chi connectivity index (χ2v) is 7.25. The molecule has 28 heavy (non-hydrogen) atoms. The minimum atomic E-state index is -0.00352. The van der Waals surface area contributed by atoms with Crippen LogP contribution in [0, 0.1) is 0 Å². The highest BCUT2D eigenvalue weighted by Gasteiger charge is 2.31. The zero-order valence-electron chi connectivity index (χ0n) is 15.6. The lowest BCUT2D eigenvalue weighted by molar-refractivity contribution is 0.0735. The van der Waals surface area contributed by atoms with Crippen LogP contribution < -0.4 is 4.74 Å². The van der Waals surface area contributed by atoms with Crippen LogP contribution in [-0.4, -0.2) is 29.4 Å². The molecule has 142 valence electrons. The number of benzene rings is 2. The van der Waals surface area contributed by atoms with E-state index in [1.54, 1.807) is 13.3 Å². The van der Waals surface area contributed by atoms with Crippen molar-refractivity contribution >= 4 is 17.5 Å². The number of nitrogens with zero attached hydrogens (tertiary/aromatic N) is 2. The molecule has 1 atom stereocenters. The molecule has 1 aromatic heterocycles. The number of hydrogen-bond acceptors (Lipinski definition) is 3. The number of hydrogen-bond donors (Lipinski definition) is 0. The van der Waals surface area contributed by atoms with Crippen molar-refractivity contribution in [3.8, 4) is 17.0 Å². The lowest BCUT2D eigenvalue weighted by Crippen LogP contribution is -2.30. The normalized spacial score (nSPS) is 16.2. The van der Waals surface area contributed by atoms with Crippen LogP contribution in [0.4, 0.5) is 0 Å². The molecule has 1 aliphatic heterocycles. The molecule has 1 aliphatic rings. The first-order chi connectivity index (χ1) is 13.7. The molecule has 3 aromatic rings. The summed E-state index contributed by atoms with van der Waals surface area (Å²) in [7, 11) is 1.64. The van der Waals surface area contributed by atoms with Gasteiger partial charge in [-0.2, -0.15) is 0 Å². The summed E-state index contributed by atoms with van der Waals surface area (Å²) in [6.07, 6.45) is 3.55. The molecule has 4 nitrogen and oxygen atoms in total. The van der Waals surface area contributed by atoms with Crippen LogP contribution in [0.5, 0.6) is 5.75 Å². The Morgan fingerprint density at radius 1 is 1.11 bits per heavy atom. The largest absolute Gasteiger partial charge is 0.497 e. The Kier molecular flexibility index (Phi) is 5.31. The lowest BCUT2D eigenvalue weighted by atomic mass is 10.0. The van der Waals surface area contributed by atoms with Crippen molar-refractivity contribution in [2.24, 2.45) is 0 Å². The van der Waals surface area contributed by atoms with Gasteiger partial charge in [-0.15, -0.1) is 0 Å². The number of pyridine rings is 1. The molecule has 0 N–H and O–H groups in total. The van der Waals surface area contributed by atoms with Crippen molar-refractivity contribution < 1.29 is 9.53 Å². The average molecular weight is 393 g/mol. The monoisotopic (exact) mass is 392 g/mol. The molecule has 5 heteroatoms. The standard InChI is InChI=1S/C23H21ClN2O2/c1-28-18-11-8-16(9-12-18)21-13-10-17(15-25-21)23(27)26-14-4-7-22(26)19-5-2-3-6-20(19)24/h2-3,5-6,8-13,15,22H,4,7,14H2,1H3/t22-/m1/s1. The average Bonchev–Trinajstić information content (AvgIpc) is 3.23. The molecule has 4 rings (SSSR count). The number of rotatable bonds is 4. The first-order valence-corrected chi connectivity index (χ1v) is 9.71. The molecule has 1 amide bonds. The molecule has 1 fully saturated rings. The summed E-state index contributed by atoms with van der Waals surface area (Å²) in [4.78, 5) is 19.5. The summed E-state index contributed by atoms with van der Waals surface area (Å²) in [5.41, 5.74) is 3.41. The molecule has 0 saturated carbocycles.